The van der Waals surface area contributed by atoms with Crippen LogP contribution >= 0.6 is 0 Å². The van der Waals surface area contributed by atoms with E-state index in [9.17, 15) is 10.2 Å². The summed E-state index contributed by atoms with van der Waals surface area (Å²) in [5.74, 6) is 0. The van der Waals surface area contributed by atoms with Crippen molar-refractivity contribution in [2.75, 3.05) is 0 Å². The Morgan fingerprint density at radius 1 is 1.48 bits per heavy atom. The fourth-order valence-corrected chi connectivity index (χ4v) is 3.29. The molecule has 0 saturated heterocycles. The molecule has 1 aliphatic carbocycles. The van der Waals surface area contributed by atoms with Gasteiger partial charge in [-0.2, -0.15) is 0 Å². The van der Waals surface area contributed by atoms with E-state index in [1.807, 2.05) is 31.2 Å². The summed E-state index contributed by atoms with van der Waals surface area (Å²) in [6.45, 7) is 2.30. The molecule has 3 unspecified atom stereocenters. The normalized spacial score (nSPS) is 26.2. The summed E-state index contributed by atoms with van der Waals surface area (Å²) in [4.78, 5) is 0. The standard InChI is InChI=1S/C17H24N4O2/c1-12-4-2-5-13(8-12)15(22)10-21-11-16(19-20-21)17(23)7-3-6-14(18)9-17/h2,4-5,8,11,14-15,22-23H,3,6-7,9-10,18H2,1H3. The van der Waals surface area contributed by atoms with Crippen LogP contribution in [0.4, 0.5) is 0 Å². The summed E-state index contributed by atoms with van der Waals surface area (Å²) in [5, 5.41) is 29.3. The smallest absolute Gasteiger partial charge is 0.114 e. The maximum absolute atomic E-state index is 10.8. The molecule has 2 aromatic rings. The van der Waals surface area contributed by atoms with E-state index >= 15 is 0 Å². The molecule has 1 aliphatic rings. The number of nitrogens with two attached hydrogens (primary N) is 1. The van der Waals surface area contributed by atoms with Gasteiger partial charge < -0.3 is 15.9 Å². The first kappa shape index (κ1) is 16.1. The van der Waals surface area contributed by atoms with Crippen LogP contribution < -0.4 is 5.73 Å². The highest BCUT2D eigenvalue weighted by Crippen LogP contribution is 2.35. The van der Waals surface area contributed by atoms with Crippen LogP contribution in [0.5, 0.6) is 0 Å². The molecule has 1 heterocycles. The van der Waals surface area contributed by atoms with Crippen molar-refractivity contribution >= 4 is 0 Å². The third kappa shape index (κ3) is 3.60. The first-order valence-corrected chi connectivity index (χ1v) is 8.09. The first-order chi connectivity index (χ1) is 11.0. The van der Waals surface area contributed by atoms with Gasteiger partial charge in [-0.15, -0.1) is 5.10 Å². The molecule has 0 spiro atoms. The minimum Gasteiger partial charge on any atom is -0.386 e. The molecule has 23 heavy (non-hydrogen) atoms. The Hall–Kier alpha value is -1.76. The van der Waals surface area contributed by atoms with Crippen molar-refractivity contribution in [3.05, 3.63) is 47.3 Å². The summed E-state index contributed by atoms with van der Waals surface area (Å²) >= 11 is 0. The molecular weight excluding hydrogens is 292 g/mol. The monoisotopic (exact) mass is 316 g/mol. The lowest BCUT2D eigenvalue weighted by atomic mass is 9.80. The fraction of sp³-hybridized carbons (Fsp3) is 0.529. The van der Waals surface area contributed by atoms with E-state index in [4.69, 9.17) is 5.73 Å². The van der Waals surface area contributed by atoms with Gasteiger partial charge in [0.25, 0.3) is 0 Å². The highest BCUT2D eigenvalue weighted by molar-refractivity contribution is 5.24. The Labute approximate surface area is 135 Å². The van der Waals surface area contributed by atoms with Gasteiger partial charge in [0, 0.05) is 6.04 Å². The predicted molar refractivity (Wildman–Crippen MR) is 86.5 cm³/mol. The van der Waals surface area contributed by atoms with Crippen molar-refractivity contribution in [3.8, 4) is 0 Å². The van der Waals surface area contributed by atoms with Crippen LogP contribution in [0.2, 0.25) is 0 Å². The van der Waals surface area contributed by atoms with Gasteiger partial charge in [0.2, 0.25) is 0 Å². The van der Waals surface area contributed by atoms with E-state index < -0.39 is 11.7 Å². The Kier molecular flexibility index (Phi) is 4.48. The number of hydrogen-bond donors (Lipinski definition) is 3. The molecule has 1 fully saturated rings. The van der Waals surface area contributed by atoms with Crippen LogP contribution in [-0.2, 0) is 12.1 Å². The summed E-state index contributed by atoms with van der Waals surface area (Å²) in [5.41, 5.74) is 7.47. The van der Waals surface area contributed by atoms with E-state index in [0.717, 1.165) is 24.0 Å². The molecule has 1 aromatic carbocycles. The molecule has 0 bridgehead atoms. The van der Waals surface area contributed by atoms with Crippen molar-refractivity contribution < 1.29 is 10.2 Å². The maximum atomic E-state index is 10.8. The van der Waals surface area contributed by atoms with Crippen LogP contribution in [0.15, 0.2) is 30.5 Å². The van der Waals surface area contributed by atoms with E-state index in [1.165, 1.54) is 0 Å². The third-order valence-electron chi connectivity index (χ3n) is 4.57. The second-order valence-corrected chi connectivity index (χ2v) is 6.64. The number of aryl methyl sites for hydroxylation is 1. The minimum atomic E-state index is -0.996. The third-order valence-corrected chi connectivity index (χ3v) is 4.57. The largest absolute Gasteiger partial charge is 0.386 e. The van der Waals surface area contributed by atoms with Gasteiger partial charge in [-0.3, -0.25) is 0 Å². The van der Waals surface area contributed by atoms with Gasteiger partial charge in [0.15, 0.2) is 0 Å². The molecule has 0 amide bonds. The lowest BCUT2D eigenvalue weighted by Gasteiger charge is -2.33. The lowest BCUT2D eigenvalue weighted by Crippen LogP contribution is -2.39. The van der Waals surface area contributed by atoms with Crippen LogP contribution in [0.1, 0.15) is 48.6 Å². The molecule has 0 radical (unpaired) electrons. The maximum Gasteiger partial charge on any atom is 0.114 e. The summed E-state index contributed by atoms with van der Waals surface area (Å²) in [7, 11) is 0. The van der Waals surface area contributed by atoms with Crippen LogP contribution in [0.3, 0.4) is 0 Å². The zero-order valence-corrected chi connectivity index (χ0v) is 13.4. The van der Waals surface area contributed by atoms with E-state index in [1.54, 1.807) is 10.9 Å². The van der Waals surface area contributed by atoms with E-state index in [0.29, 0.717) is 25.1 Å². The van der Waals surface area contributed by atoms with Gasteiger partial charge in [0.1, 0.15) is 11.3 Å². The highest BCUT2D eigenvalue weighted by atomic mass is 16.3. The van der Waals surface area contributed by atoms with Crippen LogP contribution in [0.25, 0.3) is 0 Å². The lowest BCUT2D eigenvalue weighted by molar-refractivity contribution is -0.0112. The fourth-order valence-electron chi connectivity index (χ4n) is 3.29. The molecule has 4 N–H and O–H groups in total. The zero-order chi connectivity index (χ0) is 16.4. The van der Waals surface area contributed by atoms with Crippen molar-refractivity contribution in [2.45, 2.75) is 56.9 Å². The van der Waals surface area contributed by atoms with Crippen LogP contribution in [-0.4, -0.2) is 31.2 Å². The molecule has 0 aliphatic heterocycles. The Morgan fingerprint density at radius 2 is 2.30 bits per heavy atom. The van der Waals surface area contributed by atoms with Crippen LogP contribution in [0, 0.1) is 6.92 Å². The number of rotatable bonds is 4. The predicted octanol–water partition coefficient (Wildman–Crippen LogP) is 1.41. The number of benzene rings is 1. The second kappa shape index (κ2) is 6.39. The quantitative estimate of drug-likeness (QED) is 0.792. The minimum absolute atomic E-state index is 0.00298. The molecular formula is C17H24N4O2. The molecule has 6 nitrogen and oxygen atoms in total. The topological polar surface area (TPSA) is 97.2 Å². The molecule has 6 heteroatoms. The van der Waals surface area contributed by atoms with Crippen molar-refractivity contribution in [3.63, 3.8) is 0 Å². The SMILES string of the molecule is Cc1cccc(C(O)Cn2cc(C3(O)CCCC(N)C3)nn2)c1. The molecule has 1 saturated carbocycles. The molecule has 3 atom stereocenters. The number of nitrogens with zero attached hydrogens (tertiary/aromatic N) is 3. The Bertz CT molecular complexity index is 672. The Morgan fingerprint density at radius 3 is 3.04 bits per heavy atom. The Balaban J connectivity index is 1.72. The van der Waals surface area contributed by atoms with E-state index in [-0.39, 0.29) is 6.04 Å². The average Bonchev–Trinajstić information content (AvgIpc) is 2.96. The molecule has 1 aromatic heterocycles. The second-order valence-electron chi connectivity index (χ2n) is 6.64. The highest BCUT2D eigenvalue weighted by Gasteiger charge is 2.37. The van der Waals surface area contributed by atoms with E-state index in [2.05, 4.69) is 10.3 Å². The summed E-state index contributed by atoms with van der Waals surface area (Å²) in [6, 6.07) is 7.76. The average molecular weight is 316 g/mol. The van der Waals surface area contributed by atoms with Gasteiger partial charge in [-0.1, -0.05) is 35.0 Å². The van der Waals surface area contributed by atoms with Gasteiger partial charge in [-0.25, -0.2) is 4.68 Å². The zero-order valence-electron chi connectivity index (χ0n) is 13.4. The van der Waals surface area contributed by atoms with Crippen molar-refractivity contribution in [1.82, 2.24) is 15.0 Å². The number of hydrogen-bond acceptors (Lipinski definition) is 5. The number of aromatic nitrogens is 3. The number of aliphatic hydroxyl groups excluding tert-OH is 1. The van der Waals surface area contributed by atoms with Crippen molar-refractivity contribution in [2.24, 2.45) is 5.73 Å². The van der Waals surface area contributed by atoms with Crippen molar-refractivity contribution in [1.29, 1.82) is 0 Å². The first-order valence-electron chi connectivity index (χ1n) is 8.09. The number of aliphatic hydroxyl groups is 2. The van der Waals surface area contributed by atoms with Gasteiger partial charge in [-0.05, 0) is 38.2 Å². The van der Waals surface area contributed by atoms with Gasteiger partial charge in [0.05, 0.1) is 18.8 Å². The molecule has 124 valence electrons. The summed E-state index contributed by atoms with van der Waals surface area (Å²) in [6.07, 6.45) is 4.04. The summed E-state index contributed by atoms with van der Waals surface area (Å²) < 4.78 is 1.58. The molecule has 3 rings (SSSR count). The van der Waals surface area contributed by atoms with Gasteiger partial charge >= 0.3 is 0 Å².